The molecule has 1 aromatic carbocycles. The highest BCUT2D eigenvalue weighted by atomic mass is 32.2. The molecule has 3 nitrogen and oxygen atoms in total. The minimum absolute atomic E-state index is 0.366. The van der Waals surface area contributed by atoms with Crippen molar-refractivity contribution in [3.63, 3.8) is 0 Å². The van der Waals surface area contributed by atoms with Crippen molar-refractivity contribution in [2.45, 2.75) is 18.2 Å². The lowest BCUT2D eigenvalue weighted by Crippen LogP contribution is -2.04. The fourth-order valence-electron chi connectivity index (χ4n) is 1.39. The third kappa shape index (κ3) is 5.46. The van der Waals surface area contributed by atoms with Gasteiger partial charge in [-0.05, 0) is 36.1 Å². The fraction of sp³-hybridized carbons (Fsp3) is 0.500. The van der Waals surface area contributed by atoms with E-state index < -0.39 is 9.84 Å². The minimum Gasteiger partial charge on any atom is -0.385 e. The predicted molar refractivity (Wildman–Crippen MR) is 75.7 cm³/mol. The second-order valence-corrected chi connectivity index (χ2v) is 7.19. The summed E-state index contributed by atoms with van der Waals surface area (Å²) in [5.41, 5.74) is 0.870. The third-order valence-electron chi connectivity index (χ3n) is 2.26. The second kappa shape index (κ2) is 6.91. The van der Waals surface area contributed by atoms with Gasteiger partial charge in [0, 0.05) is 18.5 Å². The Morgan fingerprint density at radius 3 is 2.76 bits per heavy atom. The highest BCUT2D eigenvalue weighted by molar-refractivity contribution is 7.99. The zero-order valence-corrected chi connectivity index (χ0v) is 11.9. The standard InChI is InChI=1S/C12H19NO2S2/c1-3-16-9-5-8-13-11-6-4-7-12(10-11)17(2,14)15/h4,6-7,10,13H,3,5,8-9H2,1-2H3. The lowest BCUT2D eigenvalue weighted by molar-refractivity contribution is 0.602. The monoisotopic (exact) mass is 273 g/mol. The molecule has 1 rings (SSSR count). The van der Waals surface area contributed by atoms with Crippen molar-refractivity contribution in [2.24, 2.45) is 0 Å². The average Bonchev–Trinajstić information content (AvgIpc) is 2.28. The van der Waals surface area contributed by atoms with Gasteiger partial charge in [-0.15, -0.1) is 0 Å². The van der Waals surface area contributed by atoms with E-state index in [4.69, 9.17) is 0 Å². The maximum absolute atomic E-state index is 11.4. The molecule has 5 heteroatoms. The van der Waals surface area contributed by atoms with Gasteiger partial charge < -0.3 is 5.32 Å². The Labute approximate surface area is 108 Å². The molecule has 0 spiro atoms. The summed E-state index contributed by atoms with van der Waals surface area (Å²) < 4.78 is 22.7. The fourth-order valence-corrected chi connectivity index (χ4v) is 2.69. The number of rotatable bonds is 7. The number of nitrogens with one attached hydrogen (secondary N) is 1. The van der Waals surface area contributed by atoms with Gasteiger partial charge in [0.1, 0.15) is 0 Å². The highest BCUT2D eigenvalue weighted by Gasteiger charge is 2.06. The largest absolute Gasteiger partial charge is 0.385 e. The molecular weight excluding hydrogens is 254 g/mol. The third-order valence-corrected chi connectivity index (χ3v) is 4.36. The van der Waals surface area contributed by atoms with E-state index in [1.807, 2.05) is 17.8 Å². The molecule has 0 unspecified atom stereocenters. The van der Waals surface area contributed by atoms with Crippen molar-refractivity contribution in [1.29, 1.82) is 0 Å². The van der Waals surface area contributed by atoms with Crippen LogP contribution in [-0.4, -0.2) is 32.7 Å². The Morgan fingerprint density at radius 1 is 1.35 bits per heavy atom. The van der Waals surface area contributed by atoms with Crippen molar-refractivity contribution in [3.8, 4) is 0 Å². The highest BCUT2D eigenvalue weighted by Crippen LogP contribution is 2.15. The maximum Gasteiger partial charge on any atom is 0.175 e. The summed E-state index contributed by atoms with van der Waals surface area (Å²) in [6.07, 6.45) is 2.31. The topological polar surface area (TPSA) is 46.2 Å². The summed E-state index contributed by atoms with van der Waals surface area (Å²) in [5, 5.41) is 3.24. The smallest absolute Gasteiger partial charge is 0.175 e. The van der Waals surface area contributed by atoms with Gasteiger partial charge in [0.25, 0.3) is 0 Å². The van der Waals surface area contributed by atoms with Crippen LogP contribution in [0.15, 0.2) is 29.2 Å². The summed E-state index contributed by atoms with van der Waals surface area (Å²) in [6, 6.07) is 6.96. The molecule has 0 aromatic heterocycles. The first kappa shape index (κ1) is 14.4. The first-order valence-corrected chi connectivity index (χ1v) is 8.70. The van der Waals surface area contributed by atoms with Gasteiger partial charge in [-0.2, -0.15) is 11.8 Å². The molecule has 0 radical (unpaired) electrons. The van der Waals surface area contributed by atoms with Crippen molar-refractivity contribution in [3.05, 3.63) is 24.3 Å². The Balaban J connectivity index is 2.49. The van der Waals surface area contributed by atoms with Crippen molar-refractivity contribution >= 4 is 27.3 Å². The molecule has 0 saturated carbocycles. The van der Waals surface area contributed by atoms with Crippen LogP contribution in [0.4, 0.5) is 5.69 Å². The quantitative estimate of drug-likeness (QED) is 0.776. The van der Waals surface area contributed by atoms with Crippen LogP contribution in [-0.2, 0) is 9.84 Å². The van der Waals surface area contributed by atoms with E-state index in [0.29, 0.717) is 4.90 Å². The SMILES string of the molecule is CCSCCCNc1cccc(S(C)(=O)=O)c1. The van der Waals surface area contributed by atoms with E-state index in [0.717, 1.165) is 30.2 Å². The number of hydrogen-bond donors (Lipinski definition) is 1. The van der Waals surface area contributed by atoms with Crippen molar-refractivity contribution < 1.29 is 8.42 Å². The molecule has 0 aliphatic rings. The summed E-state index contributed by atoms with van der Waals surface area (Å²) >= 11 is 1.91. The van der Waals surface area contributed by atoms with Crippen LogP contribution >= 0.6 is 11.8 Å². The van der Waals surface area contributed by atoms with E-state index >= 15 is 0 Å². The number of benzene rings is 1. The Kier molecular flexibility index (Phi) is 5.85. The van der Waals surface area contributed by atoms with E-state index in [9.17, 15) is 8.42 Å². The van der Waals surface area contributed by atoms with Crippen LogP contribution in [0, 0.1) is 0 Å². The zero-order valence-electron chi connectivity index (χ0n) is 10.3. The molecule has 17 heavy (non-hydrogen) atoms. The molecule has 1 aromatic rings. The van der Waals surface area contributed by atoms with Crippen LogP contribution in [0.25, 0.3) is 0 Å². The first-order chi connectivity index (χ1) is 8.04. The molecule has 0 bridgehead atoms. The summed E-state index contributed by atoms with van der Waals surface area (Å²) in [5.74, 6) is 2.28. The van der Waals surface area contributed by atoms with Gasteiger partial charge in [-0.1, -0.05) is 13.0 Å². The van der Waals surface area contributed by atoms with Crippen LogP contribution in [0.3, 0.4) is 0 Å². The van der Waals surface area contributed by atoms with E-state index in [1.165, 1.54) is 6.26 Å². The lowest BCUT2D eigenvalue weighted by Gasteiger charge is -2.07. The van der Waals surface area contributed by atoms with Crippen LogP contribution < -0.4 is 5.32 Å². The van der Waals surface area contributed by atoms with E-state index in [1.54, 1.807) is 18.2 Å². The maximum atomic E-state index is 11.4. The molecular formula is C12H19NO2S2. The average molecular weight is 273 g/mol. The molecule has 0 aliphatic heterocycles. The number of anilines is 1. The second-order valence-electron chi connectivity index (χ2n) is 3.78. The molecule has 0 fully saturated rings. The summed E-state index contributed by atoms with van der Waals surface area (Å²) in [4.78, 5) is 0.366. The first-order valence-electron chi connectivity index (χ1n) is 5.66. The van der Waals surface area contributed by atoms with E-state index in [-0.39, 0.29) is 0 Å². The number of hydrogen-bond acceptors (Lipinski definition) is 4. The van der Waals surface area contributed by atoms with Gasteiger partial charge in [0.05, 0.1) is 4.90 Å². The van der Waals surface area contributed by atoms with Crippen LogP contribution in [0.1, 0.15) is 13.3 Å². The predicted octanol–water partition coefficient (Wildman–Crippen LogP) is 2.65. The van der Waals surface area contributed by atoms with Gasteiger partial charge in [-0.25, -0.2) is 8.42 Å². The summed E-state index contributed by atoms with van der Waals surface area (Å²) in [6.45, 7) is 3.02. The normalized spacial score (nSPS) is 11.4. The number of thioether (sulfide) groups is 1. The zero-order chi connectivity index (χ0) is 12.7. The summed E-state index contributed by atoms with van der Waals surface area (Å²) in [7, 11) is -3.11. The minimum atomic E-state index is -3.11. The van der Waals surface area contributed by atoms with Gasteiger partial charge >= 0.3 is 0 Å². The van der Waals surface area contributed by atoms with Gasteiger partial charge in [0.2, 0.25) is 0 Å². The lowest BCUT2D eigenvalue weighted by atomic mass is 10.3. The van der Waals surface area contributed by atoms with E-state index in [2.05, 4.69) is 12.2 Å². The molecule has 0 aliphatic carbocycles. The molecule has 0 heterocycles. The molecule has 0 saturated heterocycles. The van der Waals surface area contributed by atoms with Crippen molar-refractivity contribution in [2.75, 3.05) is 29.6 Å². The van der Waals surface area contributed by atoms with Crippen LogP contribution in [0.2, 0.25) is 0 Å². The van der Waals surface area contributed by atoms with Gasteiger partial charge in [-0.3, -0.25) is 0 Å². The Bertz CT molecular complexity index is 444. The van der Waals surface area contributed by atoms with Crippen molar-refractivity contribution in [1.82, 2.24) is 0 Å². The Morgan fingerprint density at radius 2 is 2.12 bits per heavy atom. The molecule has 1 N–H and O–H groups in total. The molecule has 96 valence electrons. The molecule has 0 atom stereocenters. The number of sulfone groups is 1. The van der Waals surface area contributed by atoms with Crippen LogP contribution in [0.5, 0.6) is 0 Å². The van der Waals surface area contributed by atoms with Gasteiger partial charge in [0.15, 0.2) is 9.84 Å². The molecule has 0 amide bonds. The Hall–Kier alpha value is -0.680.